The second-order valence-corrected chi connectivity index (χ2v) is 6.68. The molecule has 0 spiro atoms. The summed E-state index contributed by atoms with van der Waals surface area (Å²) in [5, 5.41) is 0. The van der Waals surface area contributed by atoms with Gasteiger partial charge in [-0.1, -0.05) is 12.1 Å². The monoisotopic (exact) mass is 305 g/mol. The fourth-order valence-electron chi connectivity index (χ4n) is 2.37. The summed E-state index contributed by atoms with van der Waals surface area (Å²) in [5.74, 6) is 5.37. The molecule has 0 atom stereocenters. The van der Waals surface area contributed by atoms with E-state index in [9.17, 15) is 8.42 Å². The van der Waals surface area contributed by atoms with Crippen molar-refractivity contribution in [3.8, 4) is 0 Å². The molecule has 0 saturated carbocycles. The van der Waals surface area contributed by atoms with Gasteiger partial charge in [0.2, 0.25) is 0 Å². The zero-order chi connectivity index (χ0) is 15.6. The number of sulfonamides is 1. The van der Waals surface area contributed by atoms with Crippen molar-refractivity contribution in [3.63, 3.8) is 0 Å². The minimum absolute atomic E-state index is 0.281. The lowest BCUT2D eigenvalue weighted by molar-refractivity contribution is 0.600. The molecule has 21 heavy (non-hydrogen) atoms. The van der Waals surface area contributed by atoms with Crippen LogP contribution in [0.5, 0.6) is 0 Å². The number of anilines is 2. The van der Waals surface area contributed by atoms with Crippen molar-refractivity contribution < 1.29 is 8.42 Å². The van der Waals surface area contributed by atoms with Crippen molar-refractivity contribution in [1.29, 1.82) is 0 Å². The third-order valence-electron chi connectivity index (χ3n) is 3.17. The molecular formula is C15H19N3O2S. The highest BCUT2D eigenvalue weighted by Crippen LogP contribution is 2.26. The Kier molecular flexibility index (Phi) is 4.20. The molecule has 6 heteroatoms. The van der Waals surface area contributed by atoms with Gasteiger partial charge in [-0.25, -0.2) is 8.42 Å². The normalized spacial score (nSPS) is 11.2. The molecule has 2 aromatic carbocycles. The third kappa shape index (κ3) is 3.34. The van der Waals surface area contributed by atoms with Crippen molar-refractivity contribution in [1.82, 2.24) is 0 Å². The van der Waals surface area contributed by atoms with Crippen molar-refractivity contribution in [3.05, 3.63) is 53.1 Å². The molecule has 0 heterocycles. The number of nitrogen functional groups attached to an aromatic ring is 1. The fraction of sp³-hybridized carbons (Fsp3) is 0.200. The average molecular weight is 305 g/mol. The van der Waals surface area contributed by atoms with Crippen LogP contribution in [0.25, 0.3) is 0 Å². The summed E-state index contributed by atoms with van der Waals surface area (Å²) in [6.07, 6.45) is 0. The summed E-state index contributed by atoms with van der Waals surface area (Å²) >= 11 is 0. The van der Waals surface area contributed by atoms with Gasteiger partial charge in [-0.3, -0.25) is 10.6 Å². The van der Waals surface area contributed by atoms with Gasteiger partial charge in [0, 0.05) is 11.4 Å². The van der Waals surface area contributed by atoms with Crippen LogP contribution in [0.15, 0.2) is 41.3 Å². The Morgan fingerprint density at radius 1 is 0.952 bits per heavy atom. The molecular weight excluding hydrogens is 286 g/mol. The molecule has 0 aliphatic carbocycles. The lowest BCUT2D eigenvalue weighted by Crippen LogP contribution is -2.16. The van der Waals surface area contributed by atoms with Crippen molar-refractivity contribution in [2.75, 3.05) is 10.1 Å². The predicted molar refractivity (Wildman–Crippen MR) is 85.7 cm³/mol. The van der Waals surface area contributed by atoms with Gasteiger partial charge in [0.05, 0.1) is 4.90 Å². The van der Waals surface area contributed by atoms with Crippen LogP contribution in [0.1, 0.15) is 16.7 Å². The molecule has 4 N–H and O–H groups in total. The van der Waals surface area contributed by atoms with E-state index in [1.165, 1.54) is 0 Å². The summed E-state index contributed by atoms with van der Waals surface area (Å²) in [4.78, 5) is 0.281. The van der Waals surface area contributed by atoms with E-state index in [1.807, 2.05) is 19.1 Å². The Bertz CT molecular complexity index is 747. The van der Waals surface area contributed by atoms with Crippen LogP contribution in [0, 0.1) is 20.8 Å². The Balaban J connectivity index is 2.45. The van der Waals surface area contributed by atoms with Crippen LogP contribution < -0.4 is 16.0 Å². The molecule has 0 unspecified atom stereocenters. The summed E-state index contributed by atoms with van der Waals surface area (Å²) in [7, 11) is -3.64. The molecule has 0 fully saturated rings. The van der Waals surface area contributed by atoms with E-state index in [0.717, 1.165) is 5.56 Å². The van der Waals surface area contributed by atoms with E-state index in [1.54, 1.807) is 38.1 Å². The molecule has 2 rings (SSSR count). The van der Waals surface area contributed by atoms with Gasteiger partial charge in [-0.05, 0) is 61.7 Å². The Morgan fingerprint density at radius 2 is 1.57 bits per heavy atom. The van der Waals surface area contributed by atoms with E-state index in [-0.39, 0.29) is 4.90 Å². The Morgan fingerprint density at radius 3 is 2.10 bits per heavy atom. The predicted octanol–water partition coefficient (Wildman–Crippen LogP) is 2.70. The zero-order valence-electron chi connectivity index (χ0n) is 12.3. The molecule has 5 nitrogen and oxygen atoms in total. The van der Waals surface area contributed by atoms with Gasteiger partial charge in [0.1, 0.15) is 0 Å². The summed E-state index contributed by atoms with van der Waals surface area (Å²) in [6, 6.07) is 10.7. The van der Waals surface area contributed by atoms with Crippen LogP contribution in [0.3, 0.4) is 0 Å². The highest BCUT2D eigenvalue weighted by atomic mass is 32.2. The molecule has 0 radical (unpaired) electrons. The maximum Gasteiger partial charge on any atom is 0.262 e. The lowest BCUT2D eigenvalue weighted by atomic mass is 10.1. The van der Waals surface area contributed by atoms with Crippen LogP contribution >= 0.6 is 0 Å². The summed E-state index contributed by atoms with van der Waals surface area (Å²) in [6.45, 7) is 5.41. The van der Waals surface area contributed by atoms with Crippen LogP contribution in [0.4, 0.5) is 11.4 Å². The molecule has 2 aromatic rings. The SMILES string of the molecule is Cc1cccc(NS(=O)(=O)c2c(C)cc(NN)cc2C)c1. The number of hydrogen-bond acceptors (Lipinski definition) is 4. The maximum atomic E-state index is 12.6. The smallest absolute Gasteiger partial charge is 0.262 e. The Labute approximate surface area is 125 Å². The number of rotatable bonds is 4. The second kappa shape index (κ2) is 5.75. The largest absolute Gasteiger partial charge is 0.324 e. The van der Waals surface area contributed by atoms with Gasteiger partial charge in [0.25, 0.3) is 10.0 Å². The number of nitrogens with one attached hydrogen (secondary N) is 2. The number of nitrogens with two attached hydrogens (primary N) is 1. The van der Waals surface area contributed by atoms with Gasteiger partial charge >= 0.3 is 0 Å². The topological polar surface area (TPSA) is 84.2 Å². The van der Waals surface area contributed by atoms with E-state index < -0.39 is 10.0 Å². The standard InChI is InChI=1S/C15H19N3O2S/c1-10-5-4-6-13(7-10)18-21(19,20)15-11(2)8-14(17-16)9-12(15)3/h4-9,17-18H,16H2,1-3H3. The van der Waals surface area contributed by atoms with E-state index >= 15 is 0 Å². The van der Waals surface area contributed by atoms with Crippen molar-refractivity contribution >= 4 is 21.4 Å². The van der Waals surface area contributed by atoms with Gasteiger partial charge in [0.15, 0.2) is 0 Å². The number of aryl methyl sites for hydroxylation is 3. The van der Waals surface area contributed by atoms with Crippen molar-refractivity contribution in [2.24, 2.45) is 5.84 Å². The van der Waals surface area contributed by atoms with Gasteiger partial charge in [-0.2, -0.15) is 0 Å². The average Bonchev–Trinajstić information content (AvgIpc) is 2.36. The van der Waals surface area contributed by atoms with Crippen LogP contribution in [-0.4, -0.2) is 8.42 Å². The zero-order valence-corrected chi connectivity index (χ0v) is 13.1. The molecule has 0 aromatic heterocycles. The fourth-order valence-corrected chi connectivity index (χ4v) is 3.88. The molecule has 0 amide bonds. The van der Waals surface area contributed by atoms with Gasteiger partial charge in [-0.15, -0.1) is 0 Å². The first-order chi connectivity index (χ1) is 9.83. The first-order valence-electron chi connectivity index (χ1n) is 6.51. The summed E-state index contributed by atoms with van der Waals surface area (Å²) in [5.41, 5.74) is 6.04. The first-order valence-corrected chi connectivity index (χ1v) is 7.99. The van der Waals surface area contributed by atoms with E-state index in [0.29, 0.717) is 22.5 Å². The Hall–Kier alpha value is -2.05. The second-order valence-electron chi connectivity index (χ2n) is 5.06. The van der Waals surface area contributed by atoms with E-state index in [2.05, 4.69) is 10.1 Å². The lowest BCUT2D eigenvalue weighted by Gasteiger charge is -2.14. The number of hydrazine groups is 1. The number of benzene rings is 2. The molecule has 0 saturated heterocycles. The van der Waals surface area contributed by atoms with Crippen LogP contribution in [-0.2, 0) is 10.0 Å². The summed E-state index contributed by atoms with van der Waals surface area (Å²) < 4.78 is 27.8. The molecule has 112 valence electrons. The minimum atomic E-state index is -3.64. The van der Waals surface area contributed by atoms with Gasteiger partial charge < -0.3 is 5.43 Å². The maximum absolute atomic E-state index is 12.6. The van der Waals surface area contributed by atoms with Crippen LogP contribution in [0.2, 0.25) is 0 Å². The quantitative estimate of drug-likeness (QED) is 0.599. The molecule has 0 aliphatic heterocycles. The van der Waals surface area contributed by atoms with E-state index in [4.69, 9.17) is 5.84 Å². The number of hydrogen-bond donors (Lipinski definition) is 3. The first kappa shape index (κ1) is 15.3. The van der Waals surface area contributed by atoms with Crippen molar-refractivity contribution in [2.45, 2.75) is 25.7 Å². The minimum Gasteiger partial charge on any atom is -0.324 e. The highest BCUT2D eigenvalue weighted by Gasteiger charge is 2.20. The molecule has 0 aliphatic rings. The highest BCUT2D eigenvalue weighted by molar-refractivity contribution is 7.92. The third-order valence-corrected chi connectivity index (χ3v) is 4.85. The molecule has 0 bridgehead atoms.